The number of aliphatic hydroxyl groups is 4. The average molecular weight is 686 g/mol. The molecule has 10 heteroatoms. The molecule has 2 aliphatic heterocycles. The molecule has 0 aromatic rings. The molecule has 14 atom stereocenters. The molecule has 2 aliphatic rings. The zero-order chi connectivity index (χ0) is 31.0. The summed E-state index contributed by atoms with van der Waals surface area (Å²) in [4.78, 5) is 13.8. The van der Waals surface area contributed by atoms with Gasteiger partial charge in [0, 0.05) is 54.9 Å². The second kappa shape index (κ2) is 13.7. The van der Waals surface area contributed by atoms with Crippen molar-refractivity contribution in [3.63, 3.8) is 0 Å². The van der Waals surface area contributed by atoms with Crippen molar-refractivity contribution >= 4 is 28.8 Å². The summed E-state index contributed by atoms with van der Waals surface area (Å²) in [5, 5.41) is 45.4. The van der Waals surface area contributed by atoms with Gasteiger partial charge in [-0.05, 0) is 65.2 Å². The van der Waals surface area contributed by atoms with Crippen molar-refractivity contribution < 1.29 is 39.4 Å². The van der Waals surface area contributed by atoms with Crippen LogP contribution in [0.3, 0.4) is 0 Å². The van der Waals surface area contributed by atoms with Crippen molar-refractivity contribution in [3.8, 4) is 0 Å². The molecule has 2 saturated heterocycles. The largest absolute Gasteiger partial charge is 0.459 e. The van der Waals surface area contributed by atoms with E-state index in [0.717, 1.165) is 0 Å². The van der Waals surface area contributed by atoms with Crippen LogP contribution < -0.4 is 0 Å². The highest BCUT2D eigenvalue weighted by molar-refractivity contribution is 14.1. The summed E-state index contributed by atoms with van der Waals surface area (Å²) in [5.41, 5.74) is -3.62. The number of cyclic esters (lactones) is 1. The van der Waals surface area contributed by atoms with Crippen LogP contribution in [-0.2, 0) is 19.0 Å². The summed E-state index contributed by atoms with van der Waals surface area (Å²) in [6, 6.07) is -0.433. The van der Waals surface area contributed by atoms with Crippen molar-refractivity contribution in [2.45, 2.75) is 142 Å². The highest BCUT2D eigenvalue weighted by Crippen LogP contribution is 2.45. The van der Waals surface area contributed by atoms with Crippen molar-refractivity contribution in [1.29, 1.82) is 0 Å². The second-order valence-corrected chi connectivity index (χ2v) is 14.8. The Kier molecular flexibility index (Phi) is 12.4. The third-order valence-corrected chi connectivity index (χ3v) is 11.6. The first kappa shape index (κ1) is 36.1. The molecule has 236 valence electrons. The van der Waals surface area contributed by atoms with Gasteiger partial charge in [0.05, 0.1) is 29.3 Å². The first-order chi connectivity index (χ1) is 18.2. The van der Waals surface area contributed by atoms with Gasteiger partial charge in [-0.25, -0.2) is 3.11 Å². The Labute approximate surface area is 255 Å². The monoisotopic (exact) mass is 685 g/mol. The quantitative estimate of drug-likeness (QED) is 0.200. The van der Waals surface area contributed by atoms with E-state index < -0.39 is 65.3 Å². The molecule has 0 aliphatic carbocycles. The molecular formula is C30H56INO8. The molecule has 2 rings (SSSR count). The summed E-state index contributed by atoms with van der Waals surface area (Å²) < 4.78 is 20.1. The molecule has 4 N–H and O–H groups in total. The highest BCUT2D eigenvalue weighted by Gasteiger charge is 2.52. The Morgan fingerprint density at radius 2 is 1.60 bits per heavy atom. The molecule has 0 saturated carbocycles. The molecule has 1 unspecified atom stereocenters. The van der Waals surface area contributed by atoms with E-state index in [1.54, 1.807) is 14.0 Å². The summed E-state index contributed by atoms with van der Waals surface area (Å²) in [6.45, 7) is 19.2. The van der Waals surface area contributed by atoms with Gasteiger partial charge in [-0.1, -0.05) is 34.6 Å². The summed E-state index contributed by atoms with van der Waals surface area (Å²) in [5.74, 6) is -1.84. The van der Waals surface area contributed by atoms with Crippen LogP contribution >= 0.6 is 22.9 Å². The van der Waals surface area contributed by atoms with Crippen LogP contribution in [0, 0.1) is 29.6 Å². The number of halogens is 1. The topological polar surface area (TPSA) is 129 Å². The van der Waals surface area contributed by atoms with Crippen LogP contribution in [0.5, 0.6) is 0 Å². The Balaban J connectivity index is 2.62. The fraction of sp³-hybridized carbons (Fsp3) is 0.967. The predicted molar refractivity (Wildman–Crippen MR) is 163 cm³/mol. The smallest absolute Gasteiger partial charge is 0.309 e. The average Bonchev–Trinajstić information content (AvgIpc) is 2.87. The molecular weight excluding hydrogens is 629 g/mol. The number of hydrogen-bond acceptors (Lipinski definition) is 9. The molecule has 0 bridgehead atoms. The molecule has 2 fully saturated rings. The third kappa shape index (κ3) is 7.52. The minimum absolute atomic E-state index is 0.0832. The van der Waals surface area contributed by atoms with E-state index in [1.165, 1.54) is 6.92 Å². The van der Waals surface area contributed by atoms with Gasteiger partial charge in [-0.3, -0.25) is 4.79 Å². The number of rotatable bonds is 3. The van der Waals surface area contributed by atoms with Gasteiger partial charge >= 0.3 is 5.97 Å². The summed E-state index contributed by atoms with van der Waals surface area (Å²) in [7, 11) is 1.57. The van der Waals surface area contributed by atoms with Gasteiger partial charge in [-0.2, -0.15) is 0 Å². The number of carbonyl (C=O) groups is 1. The van der Waals surface area contributed by atoms with Crippen molar-refractivity contribution in [2.24, 2.45) is 29.6 Å². The Morgan fingerprint density at radius 3 is 2.12 bits per heavy atom. The van der Waals surface area contributed by atoms with Gasteiger partial charge in [0.15, 0.2) is 0 Å². The van der Waals surface area contributed by atoms with E-state index in [2.05, 4.69) is 29.8 Å². The van der Waals surface area contributed by atoms with Gasteiger partial charge in [0.1, 0.15) is 23.9 Å². The zero-order valence-corrected chi connectivity index (χ0v) is 28.6. The molecule has 0 radical (unpaired) electrons. The Bertz CT molecular complexity index is 843. The lowest BCUT2D eigenvalue weighted by Gasteiger charge is -2.50. The first-order valence-electron chi connectivity index (χ1n) is 14.9. The van der Waals surface area contributed by atoms with E-state index in [0.29, 0.717) is 25.8 Å². The molecule has 0 amide bonds. The third-order valence-electron chi connectivity index (χ3n) is 10.3. The summed E-state index contributed by atoms with van der Waals surface area (Å²) >= 11 is 2.16. The summed E-state index contributed by atoms with van der Waals surface area (Å²) in [6.07, 6.45) is -2.74. The van der Waals surface area contributed by atoms with Gasteiger partial charge in [0.2, 0.25) is 0 Å². The standard InChI is InChI=1S/C30H56INO8/c1-12-23-30(10,37)25(33)20(6)32(31)15-16(2)13-28(8,36)19(5)17(3)24(18(4)27(35)40-23)22-14-29(9,38-11)26(34)21(7)39-22/h16-26,33-34,36-37H,12-15H2,1-11H3/t16-,17-,18-,19-,20-,21+,22-,23-,24?,25-,26+,28-,29-,30-/m1/s1. The SMILES string of the molecule is CC[C@H]1OC(=O)[C@H](C)C([C@H]2C[C@@](C)(OC)[C@@H](O)[C@H](C)O2)[C@H](C)[C@@H](C)[C@](C)(O)C[C@@H](C)CN(I)[C@H](C)[C@@H](O)[C@]1(C)O. The number of carbonyl (C=O) groups excluding carboxylic acids is 1. The van der Waals surface area contributed by atoms with Crippen molar-refractivity contribution in [1.82, 2.24) is 3.11 Å². The van der Waals surface area contributed by atoms with Crippen LogP contribution in [0.25, 0.3) is 0 Å². The maximum atomic E-state index is 13.8. The number of nitrogens with zero attached hydrogens (tertiary/aromatic N) is 1. The van der Waals surface area contributed by atoms with E-state index in [4.69, 9.17) is 14.2 Å². The lowest BCUT2D eigenvalue weighted by molar-refractivity contribution is -0.236. The highest BCUT2D eigenvalue weighted by atomic mass is 127. The molecule has 0 aromatic heterocycles. The van der Waals surface area contributed by atoms with Gasteiger partial charge in [0.25, 0.3) is 0 Å². The minimum atomic E-state index is -1.69. The molecule has 9 nitrogen and oxygen atoms in total. The second-order valence-electron chi connectivity index (χ2n) is 13.6. The van der Waals surface area contributed by atoms with E-state index in [1.807, 2.05) is 51.6 Å². The first-order valence-corrected chi connectivity index (χ1v) is 15.9. The molecule has 40 heavy (non-hydrogen) atoms. The number of aliphatic hydroxyl groups excluding tert-OH is 2. The van der Waals surface area contributed by atoms with Gasteiger partial charge < -0.3 is 34.6 Å². The lowest BCUT2D eigenvalue weighted by atomic mass is 9.65. The Hall–Kier alpha value is -0.0800. The Morgan fingerprint density at radius 1 is 1.02 bits per heavy atom. The van der Waals surface area contributed by atoms with Crippen LogP contribution in [0.15, 0.2) is 0 Å². The fourth-order valence-corrected chi connectivity index (χ4v) is 8.11. The lowest BCUT2D eigenvalue weighted by Crippen LogP contribution is -2.59. The molecule has 0 spiro atoms. The van der Waals surface area contributed by atoms with Crippen molar-refractivity contribution in [2.75, 3.05) is 13.7 Å². The molecule has 2 heterocycles. The number of hydrogen-bond donors (Lipinski definition) is 4. The number of esters is 1. The van der Waals surface area contributed by atoms with E-state index in [9.17, 15) is 25.2 Å². The van der Waals surface area contributed by atoms with Crippen LogP contribution in [0.2, 0.25) is 0 Å². The van der Waals surface area contributed by atoms with Crippen LogP contribution in [0.1, 0.15) is 88.5 Å². The minimum Gasteiger partial charge on any atom is -0.459 e. The number of methoxy groups -OCH3 is 1. The van der Waals surface area contributed by atoms with E-state index in [-0.39, 0.29) is 23.7 Å². The number of ether oxygens (including phenoxy) is 3. The maximum Gasteiger partial charge on any atom is 0.309 e. The maximum absolute atomic E-state index is 13.8. The van der Waals surface area contributed by atoms with Crippen LogP contribution in [-0.4, -0.2) is 96.5 Å². The van der Waals surface area contributed by atoms with Crippen LogP contribution in [0.4, 0.5) is 0 Å². The zero-order valence-electron chi connectivity index (χ0n) is 26.4. The van der Waals surface area contributed by atoms with Gasteiger partial charge in [-0.15, -0.1) is 0 Å². The fourth-order valence-electron chi connectivity index (χ4n) is 7.13. The normalized spacial score (nSPS) is 51.0. The van der Waals surface area contributed by atoms with E-state index >= 15 is 0 Å². The van der Waals surface area contributed by atoms with Crippen molar-refractivity contribution in [3.05, 3.63) is 0 Å². The predicted octanol–water partition coefficient (Wildman–Crippen LogP) is 3.72. The molecule has 0 aromatic carbocycles.